The van der Waals surface area contributed by atoms with Gasteiger partial charge in [-0.05, 0) is 12.1 Å². The highest BCUT2D eigenvalue weighted by Gasteiger charge is 2.14. The van der Waals surface area contributed by atoms with E-state index < -0.39 is 0 Å². The Labute approximate surface area is 112 Å². The highest BCUT2D eigenvalue weighted by Crippen LogP contribution is 2.24. The molecule has 0 saturated carbocycles. The lowest BCUT2D eigenvalue weighted by Crippen LogP contribution is -2.36. The number of methoxy groups -OCH3 is 2. The smallest absolute Gasteiger partial charge is 0.255 e. The molecule has 1 aromatic carbocycles. The first-order valence-corrected chi connectivity index (χ1v) is 5.70. The SMILES string of the molecule is COc1ccc(C(=O)NCC(=O)N(C)C)c(OC)c1. The monoisotopic (exact) mass is 266 g/mol. The second-order valence-electron chi connectivity index (χ2n) is 4.04. The van der Waals surface area contributed by atoms with E-state index in [0.717, 1.165) is 0 Å². The van der Waals surface area contributed by atoms with Crippen LogP contribution in [0.3, 0.4) is 0 Å². The lowest BCUT2D eigenvalue weighted by atomic mass is 10.1. The number of nitrogens with one attached hydrogen (secondary N) is 1. The van der Waals surface area contributed by atoms with Crippen molar-refractivity contribution in [1.82, 2.24) is 10.2 Å². The number of ether oxygens (including phenoxy) is 2. The molecule has 1 N–H and O–H groups in total. The van der Waals surface area contributed by atoms with Crippen molar-refractivity contribution in [3.8, 4) is 11.5 Å². The predicted octanol–water partition coefficient (Wildman–Crippen LogP) is 0.522. The lowest BCUT2D eigenvalue weighted by Gasteiger charge is -2.13. The van der Waals surface area contributed by atoms with Gasteiger partial charge in [0.15, 0.2) is 0 Å². The molecule has 6 heteroatoms. The van der Waals surface area contributed by atoms with Gasteiger partial charge in [0, 0.05) is 20.2 Å². The number of amides is 2. The fourth-order valence-electron chi connectivity index (χ4n) is 1.40. The van der Waals surface area contributed by atoms with E-state index in [0.29, 0.717) is 17.1 Å². The minimum atomic E-state index is -0.366. The zero-order valence-corrected chi connectivity index (χ0v) is 11.5. The molecular formula is C13H18N2O4. The van der Waals surface area contributed by atoms with Crippen LogP contribution in [-0.2, 0) is 4.79 Å². The summed E-state index contributed by atoms with van der Waals surface area (Å²) >= 11 is 0. The average Bonchev–Trinajstić information content (AvgIpc) is 2.43. The number of hydrogen-bond acceptors (Lipinski definition) is 4. The van der Waals surface area contributed by atoms with Crippen LogP contribution in [0, 0.1) is 0 Å². The third-order valence-corrected chi connectivity index (χ3v) is 2.55. The molecule has 0 heterocycles. The van der Waals surface area contributed by atoms with E-state index in [9.17, 15) is 9.59 Å². The Morgan fingerprint density at radius 1 is 1.21 bits per heavy atom. The van der Waals surface area contributed by atoms with E-state index in [1.807, 2.05) is 0 Å². The minimum Gasteiger partial charge on any atom is -0.497 e. The third-order valence-electron chi connectivity index (χ3n) is 2.55. The summed E-state index contributed by atoms with van der Waals surface area (Å²) in [5, 5.41) is 2.54. The Morgan fingerprint density at radius 2 is 1.89 bits per heavy atom. The van der Waals surface area contributed by atoms with Gasteiger partial charge in [0.2, 0.25) is 5.91 Å². The number of likely N-dealkylation sites (N-methyl/N-ethyl adjacent to an activating group) is 1. The average molecular weight is 266 g/mol. The molecule has 1 aromatic rings. The lowest BCUT2D eigenvalue weighted by molar-refractivity contribution is -0.127. The first kappa shape index (κ1) is 14.8. The zero-order chi connectivity index (χ0) is 14.4. The van der Waals surface area contributed by atoms with Crippen molar-refractivity contribution in [2.24, 2.45) is 0 Å². The normalized spacial score (nSPS) is 9.68. The van der Waals surface area contributed by atoms with E-state index >= 15 is 0 Å². The van der Waals surface area contributed by atoms with Gasteiger partial charge in [-0.3, -0.25) is 9.59 Å². The molecule has 0 aromatic heterocycles. The Balaban J connectivity index is 2.79. The maximum atomic E-state index is 11.9. The van der Waals surface area contributed by atoms with E-state index in [2.05, 4.69) is 5.32 Å². The van der Waals surface area contributed by atoms with Gasteiger partial charge in [-0.15, -0.1) is 0 Å². The van der Waals surface area contributed by atoms with Crippen LogP contribution in [0.5, 0.6) is 11.5 Å². The van der Waals surface area contributed by atoms with Crippen LogP contribution in [0.1, 0.15) is 10.4 Å². The molecule has 0 aliphatic carbocycles. The largest absolute Gasteiger partial charge is 0.497 e. The Hall–Kier alpha value is -2.24. The molecule has 0 unspecified atom stereocenters. The van der Waals surface area contributed by atoms with E-state index in [4.69, 9.17) is 9.47 Å². The van der Waals surface area contributed by atoms with Crippen molar-refractivity contribution in [3.05, 3.63) is 23.8 Å². The Bertz CT molecular complexity index is 472. The van der Waals surface area contributed by atoms with Crippen molar-refractivity contribution >= 4 is 11.8 Å². The zero-order valence-electron chi connectivity index (χ0n) is 11.5. The highest BCUT2D eigenvalue weighted by molar-refractivity contribution is 5.98. The highest BCUT2D eigenvalue weighted by atomic mass is 16.5. The molecular weight excluding hydrogens is 248 g/mol. The van der Waals surface area contributed by atoms with Crippen molar-refractivity contribution in [2.75, 3.05) is 34.9 Å². The molecule has 6 nitrogen and oxygen atoms in total. The van der Waals surface area contributed by atoms with Gasteiger partial charge in [-0.25, -0.2) is 0 Å². The van der Waals surface area contributed by atoms with E-state index in [1.54, 1.807) is 32.3 Å². The molecule has 0 saturated heterocycles. The van der Waals surface area contributed by atoms with Gasteiger partial charge >= 0.3 is 0 Å². The summed E-state index contributed by atoms with van der Waals surface area (Å²) in [5.41, 5.74) is 0.356. The van der Waals surface area contributed by atoms with Crippen LogP contribution >= 0.6 is 0 Å². The van der Waals surface area contributed by atoms with Crippen LogP contribution in [0.15, 0.2) is 18.2 Å². The number of carbonyl (C=O) groups excluding carboxylic acids is 2. The first-order chi connectivity index (χ1) is 8.99. The van der Waals surface area contributed by atoms with Crippen LogP contribution in [0.25, 0.3) is 0 Å². The third kappa shape index (κ3) is 3.87. The summed E-state index contributed by atoms with van der Waals surface area (Å²) < 4.78 is 10.2. The quantitative estimate of drug-likeness (QED) is 0.843. The number of rotatable bonds is 5. The Kier molecular flexibility index (Phi) is 5.17. The maximum absolute atomic E-state index is 11.9. The standard InChI is InChI=1S/C13H18N2O4/c1-15(2)12(16)8-14-13(17)10-6-5-9(18-3)7-11(10)19-4/h5-7H,8H2,1-4H3,(H,14,17). The molecule has 0 aliphatic rings. The van der Waals surface area contributed by atoms with E-state index in [1.165, 1.54) is 19.1 Å². The number of benzene rings is 1. The molecule has 19 heavy (non-hydrogen) atoms. The molecule has 0 spiro atoms. The molecule has 0 bridgehead atoms. The van der Waals surface area contributed by atoms with Crippen molar-refractivity contribution in [2.45, 2.75) is 0 Å². The molecule has 0 aliphatic heterocycles. The van der Waals surface area contributed by atoms with Gasteiger partial charge < -0.3 is 19.7 Å². The van der Waals surface area contributed by atoms with Crippen molar-refractivity contribution in [3.63, 3.8) is 0 Å². The maximum Gasteiger partial charge on any atom is 0.255 e. The van der Waals surface area contributed by atoms with Gasteiger partial charge in [0.1, 0.15) is 11.5 Å². The summed E-state index contributed by atoms with van der Waals surface area (Å²) in [4.78, 5) is 24.8. The van der Waals surface area contributed by atoms with Gasteiger partial charge in [-0.1, -0.05) is 0 Å². The van der Waals surface area contributed by atoms with Crippen molar-refractivity contribution < 1.29 is 19.1 Å². The van der Waals surface area contributed by atoms with Crippen molar-refractivity contribution in [1.29, 1.82) is 0 Å². The number of nitrogens with zero attached hydrogens (tertiary/aromatic N) is 1. The van der Waals surface area contributed by atoms with Gasteiger partial charge in [-0.2, -0.15) is 0 Å². The number of hydrogen-bond donors (Lipinski definition) is 1. The van der Waals surface area contributed by atoms with Gasteiger partial charge in [0.05, 0.1) is 26.3 Å². The van der Waals surface area contributed by atoms with Crippen LogP contribution in [0.2, 0.25) is 0 Å². The molecule has 0 radical (unpaired) electrons. The first-order valence-electron chi connectivity index (χ1n) is 5.70. The van der Waals surface area contributed by atoms with Crippen LogP contribution < -0.4 is 14.8 Å². The molecule has 0 fully saturated rings. The fraction of sp³-hybridized carbons (Fsp3) is 0.385. The number of carbonyl (C=O) groups is 2. The van der Waals surface area contributed by atoms with Crippen LogP contribution in [-0.4, -0.2) is 51.6 Å². The topological polar surface area (TPSA) is 67.9 Å². The minimum absolute atomic E-state index is 0.0545. The Morgan fingerprint density at radius 3 is 2.42 bits per heavy atom. The summed E-state index contributed by atoms with van der Waals surface area (Å²) in [6.45, 7) is -0.0545. The molecule has 104 valence electrons. The van der Waals surface area contributed by atoms with E-state index in [-0.39, 0.29) is 18.4 Å². The predicted molar refractivity (Wildman–Crippen MR) is 70.6 cm³/mol. The summed E-state index contributed by atoms with van der Waals surface area (Å²) in [6.07, 6.45) is 0. The van der Waals surface area contributed by atoms with Gasteiger partial charge in [0.25, 0.3) is 5.91 Å². The second kappa shape index (κ2) is 6.63. The molecule has 0 atom stereocenters. The summed E-state index contributed by atoms with van der Waals surface area (Å²) in [6, 6.07) is 4.86. The summed E-state index contributed by atoms with van der Waals surface area (Å²) in [5.74, 6) is 0.447. The van der Waals surface area contributed by atoms with Crippen LogP contribution in [0.4, 0.5) is 0 Å². The second-order valence-corrected chi connectivity index (χ2v) is 4.04. The molecule has 2 amide bonds. The molecule has 1 rings (SSSR count). The summed E-state index contributed by atoms with van der Waals surface area (Å²) in [7, 11) is 6.26. The fourth-order valence-corrected chi connectivity index (χ4v) is 1.40.